The summed E-state index contributed by atoms with van der Waals surface area (Å²) in [6.45, 7) is 0. The topological polar surface area (TPSA) is 110 Å². The second kappa shape index (κ2) is 10.4. The molecule has 0 spiro atoms. The predicted octanol–water partition coefficient (Wildman–Crippen LogP) is 4.75. The third-order valence-corrected chi connectivity index (χ3v) is 6.95. The fourth-order valence-corrected chi connectivity index (χ4v) is 5.05. The molecule has 1 saturated heterocycles. The molecule has 1 aliphatic heterocycles. The zero-order valence-electron chi connectivity index (χ0n) is 19.3. The molecule has 1 atom stereocenters. The Labute approximate surface area is 207 Å². The van der Waals surface area contributed by atoms with Crippen molar-refractivity contribution in [3.05, 3.63) is 63.2 Å². The minimum Gasteiger partial charge on any atom is -0.497 e. The summed E-state index contributed by atoms with van der Waals surface area (Å²) in [5, 5.41) is 11.3. The van der Waals surface area contributed by atoms with E-state index in [2.05, 4.69) is 0 Å². The van der Waals surface area contributed by atoms with Crippen LogP contribution in [0.25, 0.3) is 0 Å². The van der Waals surface area contributed by atoms with Gasteiger partial charge in [-0.3, -0.25) is 24.5 Å². The van der Waals surface area contributed by atoms with E-state index < -0.39 is 28.7 Å². The van der Waals surface area contributed by atoms with E-state index in [1.807, 2.05) is 0 Å². The van der Waals surface area contributed by atoms with E-state index in [0.717, 1.165) is 36.6 Å². The molecule has 3 amide bonds. The fourth-order valence-electron chi connectivity index (χ4n) is 4.87. The number of benzene rings is 2. The summed E-state index contributed by atoms with van der Waals surface area (Å²) in [5.74, 6) is -0.816. The number of ether oxygens (including phenoxy) is 1. The van der Waals surface area contributed by atoms with Crippen molar-refractivity contribution in [1.29, 1.82) is 0 Å². The maximum atomic E-state index is 13.8. The normalized spacial score (nSPS) is 18.9. The molecule has 0 aromatic heterocycles. The van der Waals surface area contributed by atoms with Crippen LogP contribution in [0.3, 0.4) is 0 Å². The SMILES string of the molecule is COc1ccc(N2C(=O)CC(N(C(=O)c3ccc(Cl)c([N+](=O)[O-])c3)C3CCCCCC3)C2=O)cc1. The Bertz CT molecular complexity index is 1140. The van der Waals surface area contributed by atoms with Crippen LogP contribution in [0.15, 0.2) is 42.5 Å². The van der Waals surface area contributed by atoms with Gasteiger partial charge in [-0.2, -0.15) is 0 Å². The van der Waals surface area contributed by atoms with Crippen LogP contribution in [0.2, 0.25) is 5.02 Å². The van der Waals surface area contributed by atoms with E-state index in [-0.39, 0.29) is 28.7 Å². The number of anilines is 1. The van der Waals surface area contributed by atoms with Crippen molar-refractivity contribution < 1.29 is 24.0 Å². The van der Waals surface area contributed by atoms with Crippen molar-refractivity contribution in [1.82, 2.24) is 4.90 Å². The third-order valence-electron chi connectivity index (χ3n) is 6.63. The van der Waals surface area contributed by atoms with Gasteiger partial charge in [0.05, 0.1) is 24.1 Å². The van der Waals surface area contributed by atoms with Gasteiger partial charge in [-0.05, 0) is 49.2 Å². The van der Waals surface area contributed by atoms with Crippen LogP contribution in [-0.4, -0.2) is 46.7 Å². The second-order valence-electron chi connectivity index (χ2n) is 8.77. The number of nitro benzene ring substituents is 1. The molecule has 2 aliphatic rings. The fraction of sp³-hybridized carbons (Fsp3) is 0.400. The molecule has 2 fully saturated rings. The molecule has 1 heterocycles. The number of methoxy groups -OCH3 is 1. The number of rotatable bonds is 6. The molecule has 2 aromatic rings. The average molecular weight is 500 g/mol. The quantitative estimate of drug-likeness (QED) is 0.245. The third kappa shape index (κ3) is 5.00. The molecule has 0 bridgehead atoms. The zero-order valence-corrected chi connectivity index (χ0v) is 20.1. The maximum absolute atomic E-state index is 13.8. The molecule has 1 saturated carbocycles. The number of hydrogen-bond donors (Lipinski definition) is 0. The minimum atomic E-state index is -0.991. The van der Waals surface area contributed by atoms with Gasteiger partial charge in [-0.25, -0.2) is 4.90 Å². The molecule has 0 radical (unpaired) electrons. The van der Waals surface area contributed by atoms with Crippen molar-refractivity contribution in [3.63, 3.8) is 0 Å². The van der Waals surface area contributed by atoms with Crippen LogP contribution in [0, 0.1) is 10.1 Å². The highest BCUT2D eigenvalue weighted by molar-refractivity contribution is 6.32. The maximum Gasteiger partial charge on any atom is 0.288 e. The number of nitrogens with zero attached hydrogens (tertiary/aromatic N) is 3. The molecule has 2 aromatic carbocycles. The highest BCUT2D eigenvalue weighted by atomic mass is 35.5. The first-order valence-corrected chi connectivity index (χ1v) is 12.0. The molecule has 0 N–H and O–H groups in total. The minimum absolute atomic E-state index is 0.0634. The first-order chi connectivity index (χ1) is 16.8. The van der Waals surface area contributed by atoms with E-state index in [9.17, 15) is 24.5 Å². The van der Waals surface area contributed by atoms with Gasteiger partial charge in [0, 0.05) is 17.7 Å². The van der Waals surface area contributed by atoms with Gasteiger partial charge >= 0.3 is 0 Å². The van der Waals surface area contributed by atoms with Gasteiger partial charge in [0.2, 0.25) is 5.91 Å². The van der Waals surface area contributed by atoms with Crippen LogP contribution in [0.5, 0.6) is 5.75 Å². The molecule has 9 nitrogen and oxygen atoms in total. The Balaban J connectivity index is 1.70. The number of nitro groups is 1. The van der Waals surface area contributed by atoms with E-state index >= 15 is 0 Å². The number of amides is 3. The molecule has 4 rings (SSSR count). The lowest BCUT2D eigenvalue weighted by Gasteiger charge is -2.35. The second-order valence-corrected chi connectivity index (χ2v) is 9.17. The van der Waals surface area contributed by atoms with Gasteiger partial charge in [-0.1, -0.05) is 37.3 Å². The molecular weight excluding hydrogens is 474 g/mol. The van der Waals surface area contributed by atoms with Crippen LogP contribution < -0.4 is 9.64 Å². The molecule has 1 aliphatic carbocycles. The summed E-state index contributed by atoms with van der Waals surface area (Å²) in [7, 11) is 1.52. The molecule has 10 heteroatoms. The highest BCUT2D eigenvalue weighted by Crippen LogP contribution is 2.33. The van der Waals surface area contributed by atoms with E-state index in [1.54, 1.807) is 24.3 Å². The van der Waals surface area contributed by atoms with Crippen molar-refractivity contribution in [2.45, 2.75) is 57.0 Å². The van der Waals surface area contributed by atoms with Crippen LogP contribution in [0.4, 0.5) is 11.4 Å². The summed E-state index contributed by atoms with van der Waals surface area (Å²) in [5.41, 5.74) is 0.0826. The smallest absolute Gasteiger partial charge is 0.288 e. The van der Waals surface area contributed by atoms with Crippen molar-refractivity contribution in [2.24, 2.45) is 0 Å². The zero-order chi connectivity index (χ0) is 25.1. The standard InChI is InChI=1S/C25H26ClN3O6/c1-35-19-11-9-18(10-12-19)28-23(30)15-22(25(28)32)27(17-6-4-2-3-5-7-17)24(31)16-8-13-20(26)21(14-16)29(33)34/h8-14,17,22H,2-7,15H2,1H3. The van der Waals surface area contributed by atoms with Crippen LogP contribution in [0.1, 0.15) is 55.3 Å². The Morgan fingerprint density at radius 2 is 1.74 bits per heavy atom. The number of hydrogen-bond acceptors (Lipinski definition) is 6. The largest absolute Gasteiger partial charge is 0.497 e. The van der Waals surface area contributed by atoms with E-state index in [1.165, 1.54) is 24.1 Å². The van der Waals surface area contributed by atoms with Gasteiger partial charge in [0.15, 0.2) is 0 Å². The average Bonchev–Trinajstić information content (AvgIpc) is 3.00. The van der Waals surface area contributed by atoms with Crippen LogP contribution >= 0.6 is 11.6 Å². The summed E-state index contributed by atoms with van der Waals surface area (Å²) >= 11 is 5.94. The van der Waals surface area contributed by atoms with Gasteiger partial charge < -0.3 is 9.64 Å². The summed E-state index contributed by atoms with van der Waals surface area (Å²) in [4.78, 5) is 53.6. The Morgan fingerprint density at radius 1 is 1.09 bits per heavy atom. The summed E-state index contributed by atoms with van der Waals surface area (Å²) in [6, 6.07) is 9.18. The monoisotopic (exact) mass is 499 g/mol. The summed E-state index contributed by atoms with van der Waals surface area (Å²) < 4.78 is 5.15. The number of imide groups is 1. The first kappa shape index (κ1) is 24.7. The Kier molecular flexibility index (Phi) is 7.35. The van der Waals surface area contributed by atoms with Gasteiger partial charge in [0.25, 0.3) is 17.5 Å². The van der Waals surface area contributed by atoms with Crippen molar-refractivity contribution in [2.75, 3.05) is 12.0 Å². The number of halogens is 1. The van der Waals surface area contributed by atoms with E-state index in [0.29, 0.717) is 24.3 Å². The van der Waals surface area contributed by atoms with Gasteiger partial charge in [0.1, 0.15) is 16.8 Å². The number of carbonyl (C=O) groups is 3. The lowest BCUT2D eigenvalue weighted by atomic mass is 10.0. The van der Waals surface area contributed by atoms with E-state index in [4.69, 9.17) is 16.3 Å². The van der Waals surface area contributed by atoms with Crippen molar-refractivity contribution in [3.8, 4) is 5.75 Å². The predicted molar refractivity (Wildman–Crippen MR) is 130 cm³/mol. The van der Waals surface area contributed by atoms with Gasteiger partial charge in [-0.15, -0.1) is 0 Å². The Hall–Kier alpha value is -3.46. The molecule has 35 heavy (non-hydrogen) atoms. The molecular formula is C25H26ClN3O6. The highest BCUT2D eigenvalue weighted by Gasteiger charge is 2.46. The van der Waals surface area contributed by atoms with Crippen molar-refractivity contribution >= 4 is 40.7 Å². The lowest BCUT2D eigenvalue weighted by molar-refractivity contribution is -0.384. The lowest BCUT2D eigenvalue weighted by Crippen LogP contribution is -2.50. The molecule has 184 valence electrons. The summed E-state index contributed by atoms with van der Waals surface area (Å²) in [6.07, 6.45) is 5.09. The number of carbonyl (C=O) groups excluding carboxylic acids is 3. The van der Waals surface area contributed by atoms with Crippen LogP contribution in [-0.2, 0) is 9.59 Å². The first-order valence-electron chi connectivity index (χ1n) is 11.6. The molecule has 1 unspecified atom stereocenters. The Morgan fingerprint density at radius 3 is 2.34 bits per heavy atom.